The maximum absolute atomic E-state index is 12.0. The number of nitrogens with one attached hydrogen (secondary N) is 2. The van der Waals surface area contributed by atoms with Gasteiger partial charge in [-0.1, -0.05) is 0 Å². The van der Waals surface area contributed by atoms with Crippen LogP contribution in [0.25, 0.3) is 0 Å². The van der Waals surface area contributed by atoms with Gasteiger partial charge in [-0.2, -0.15) is 0 Å². The zero-order valence-electron chi connectivity index (χ0n) is 12.4. The topological polar surface area (TPSA) is 110 Å². The van der Waals surface area contributed by atoms with Gasteiger partial charge in [-0.25, -0.2) is 18.4 Å². The molecule has 2 heterocycles. The van der Waals surface area contributed by atoms with Crippen molar-refractivity contribution in [1.82, 2.24) is 15.3 Å². The van der Waals surface area contributed by atoms with E-state index in [1.165, 1.54) is 12.4 Å². The van der Waals surface area contributed by atoms with E-state index in [-0.39, 0.29) is 23.5 Å². The predicted octanol–water partition coefficient (Wildman–Crippen LogP) is -0.158. The van der Waals surface area contributed by atoms with Crippen LogP contribution in [0.5, 0.6) is 0 Å². The monoisotopic (exact) mass is 328 g/mol. The summed E-state index contributed by atoms with van der Waals surface area (Å²) in [6.45, 7) is 1.33. The molecule has 1 atom stereocenters. The SMILES string of the molecule is COCCCNc1ncc(C(=O)NC2CCS(=O)(=O)C2)cn1. The lowest BCUT2D eigenvalue weighted by atomic mass is 10.2. The molecular formula is C13H20N4O4S. The first-order chi connectivity index (χ1) is 10.5. The quantitative estimate of drug-likeness (QED) is 0.669. The molecule has 1 unspecified atom stereocenters. The van der Waals surface area contributed by atoms with Crippen molar-refractivity contribution in [2.75, 3.05) is 37.1 Å². The molecule has 8 nitrogen and oxygen atoms in total. The molecule has 0 aliphatic carbocycles. The third-order valence-electron chi connectivity index (χ3n) is 3.29. The van der Waals surface area contributed by atoms with Crippen molar-refractivity contribution < 1.29 is 17.9 Å². The summed E-state index contributed by atoms with van der Waals surface area (Å²) in [7, 11) is -1.37. The minimum Gasteiger partial charge on any atom is -0.385 e. The first-order valence-corrected chi connectivity index (χ1v) is 8.88. The highest BCUT2D eigenvalue weighted by atomic mass is 32.2. The minimum absolute atomic E-state index is 0.00125. The Morgan fingerprint density at radius 3 is 2.73 bits per heavy atom. The maximum atomic E-state index is 12.0. The molecule has 0 saturated carbocycles. The summed E-state index contributed by atoms with van der Waals surface area (Å²) in [5.74, 6) is 0.210. The molecule has 2 N–H and O–H groups in total. The van der Waals surface area contributed by atoms with Crippen molar-refractivity contribution >= 4 is 21.7 Å². The first kappa shape index (κ1) is 16.6. The van der Waals surface area contributed by atoms with E-state index < -0.39 is 9.84 Å². The number of rotatable bonds is 7. The Labute approximate surface area is 129 Å². The van der Waals surface area contributed by atoms with Gasteiger partial charge < -0.3 is 15.4 Å². The van der Waals surface area contributed by atoms with Gasteiger partial charge in [0.05, 0.1) is 17.1 Å². The standard InChI is InChI=1S/C13H20N4O4S/c1-21-5-2-4-14-13-15-7-10(8-16-13)12(18)17-11-3-6-22(19,20)9-11/h7-8,11H,2-6,9H2,1H3,(H,17,18)(H,14,15,16). The second kappa shape index (κ2) is 7.50. The molecule has 1 fully saturated rings. The minimum atomic E-state index is -3.01. The normalized spacial score (nSPS) is 19.8. The van der Waals surface area contributed by atoms with Gasteiger partial charge in [0.25, 0.3) is 5.91 Å². The number of nitrogens with zero attached hydrogens (tertiary/aromatic N) is 2. The van der Waals surface area contributed by atoms with E-state index in [0.29, 0.717) is 31.1 Å². The van der Waals surface area contributed by atoms with E-state index in [1.54, 1.807) is 7.11 Å². The van der Waals surface area contributed by atoms with Gasteiger partial charge in [0.1, 0.15) is 0 Å². The molecule has 2 rings (SSSR count). The molecule has 1 aromatic rings. The third kappa shape index (κ3) is 4.92. The van der Waals surface area contributed by atoms with Gasteiger partial charge in [-0.3, -0.25) is 4.79 Å². The Bertz CT molecular complexity index is 603. The number of anilines is 1. The second-order valence-corrected chi connectivity index (χ2v) is 7.37. The Morgan fingerprint density at radius 1 is 1.41 bits per heavy atom. The van der Waals surface area contributed by atoms with Crippen LogP contribution in [0.2, 0.25) is 0 Å². The lowest BCUT2D eigenvalue weighted by Gasteiger charge is -2.10. The summed E-state index contributed by atoms with van der Waals surface area (Å²) < 4.78 is 27.6. The fraction of sp³-hybridized carbons (Fsp3) is 0.615. The molecule has 0 bridgehead atoms. The zero-order chi connectivity index (χ0) is 16.0. The molecule has 0 radical (unpaired) electrons. The van der Waals surface area contributed by atoms with E-state index >= 15 is 0 Å². The highest BCUT2D eigenvalue weighted by Crippen LogP contribution is 2.12. The molecule has 1 aromatic heterocycles. The van der Waals surface area contributed by atoms with Gasteiger partial charge in [0, 0.05) is 38.7 Å². The first-order valence-electron chi connectivity index (χ1n) is 7.06. The number of aromatic nitrogens is 2. The van der Waals surface area contributed by atoms with E-state index in [2.05, 4.69) is 20.6 Å². The van der Waals surface area contributed by atoms with Crippen LogP contribution in [-0.4, -0.2) is 62.1 Å². The molecule has 1 aliphatic heterocycles. The third-order valence-corrected chi connectivity index (χ3v) is 5.06. The van der Waals surface area contributed by atoms with Crippen molar-refractivity contribution in [2.45, 2.75) is 18.9 Å². The molecule has 1 aliphatic rings. The van der Waals surface area contributed by atoms with E-state index in [1.807, 2.05) is 0 Å². The van der Waals surface area contributed by atoms with Gasteiger partial charge >= 0.3 is 0 Å². The van der Waals surface area contributed by atoms with Crippen molar-refractivity contribution in [3.63, 3.8) is 0 Å². The van der Waals surface area contributed by atoms with E-state index in [9.17, 15) is 13.2 Å². The molecule has 1 amide bonds. The molecule has 22 heavy (non-hydrogen) atoms. The smallest absolute Gasteiger partial charge is 0.254 e. The van der Waals surface area contributed by atoms with Crippen molar-refractivity contribution in [3.05, 3.63) is 18.0 Å². The summed E-state index contributed by atoms with van der Waals surface area (Å²) in [5, 5.41) is 5.71. The van der Waals surface area contributed by atoms with Crippen molar-refractivity contribution in [3.8, 4) is 0 Å². The molecule has 9 heteroatoms. The fourth-order valence-corrected chi connectivity index (χ4v) is 3.80. The Balaban J connectivity index is 1.83. The number of amides is 1. The number of carbonyl (C=O) groups excluding carboxylic acids is 1. The van der Waals surface area contributed by atoms with Crippen LogP contribution >= 0.6 is 0 Å². The highest BCUT2D eigenvalue weighted by molar-refractivity contribution is 7.91. The Kier molecular flexibility index (Phi) is 5.67. The number of hydrogen-bond donors (Lipinski definition) is 2. The summed E-state index contributed by atoms with van der Waals surface area (Å²) in [6, 6.07) is -0.329. The molecule has 0 aromatic carbocycles. The fourth-order valence-electron chi connectivity index (χ4n) is 2.13. The van der Waals surface area contributed by atoms with Gasteiger partial charge in [-0.05, 0) is 12.8 Å². The van der Waals surface area contributed by atoms with Crippen LogP contribution in [0, 0.1) is 0 Å². The van der Waals surface area contributed by atoms with E-state index in [0.717, 1.165) is 6.42 Å². The van der Waals surface area contributed by atoms with Crippen LogP contribution in [0.15, 0.2) is 12.4 Å². The van der Waals surface area contributed by atoms with Crippen LogP contribution < -0.4 is 10.6 Å². The largest absolute Gasteiger partial charge is 0.385 e. The van der Waals surface area contributed by atoms with Crippen LogP contribution in [0.4, 0.5) is 5.95 Å². The van der Waals surface area contributed by atoms with Crippen LogP contribution in [0.1, 0.15) is 23.2 Å². The molecule has 0 spiro atoms. The number of sulfone groups is 1. The van der Waals surface area contributed by atoms with Crippen molar-refractivity contribution in [1.29, 1.82) is 0 Å². The molecule has 122 valence electrons. The average molecular weight is 328 g/mol. The highest BCUT2D eigenvalue weighted by Gasteiger charge is 2.29. The Hall–Kier alpha value is -1.74. The maximum Gasteiger partial charge on any atom is 0.254 e. The van der Waals surface area contributed by atoms with Crippen LogP contribution in [-0.2, 0) is 14.6 Å². The summed E-state index contributed by atoms with van der Waals surface area (Å²) >= 11 is 0. The number of hydrogen-bond acceptors (Lipinski definition) is 7. The summed E-state index contributed by atoms with van der Waals surface area (Å²) in [4.78, 5) is 20.1. The van der Waals surface area contributed by atoms with Crippen LogP contribution in [0.3, 0.4) is 0 Å². The van der Waals surface area contributed by atoms with E-state index in [4.69, 9.17) is 4.74 Å². The molecule has 1 saturated heterocycles. The van der Waals surface area contributed by atoms with Gasteiger partial charge in [0.2, 0.25) is 5.95 Å². The second-order valence-electron chi connectivity index (χ2n) is 5.14. The lowest BCUT2D eigenvalue weighted by Crippen LogP contribution is -2.35. The summed E-state index contributed by atoms with van der Waals surface area (Å²) in [5.41, 5.74) is 0.312. The molecular weight excluding hydrogens is 308 g/mol. The lowest BCUT2D eigenvalue weighted by molar-refractivity contribution is 0.0940. The zero-order valence-corrected chi connectivity index (χ0v) is 13.2. The van der Waals surface area contributed by atoms with Crippen molar-refractivity contribution in [2.24, 2.45) is 0 Å². The average Bonchev–Trinajstić information content (AvgIpc) is 2.83. The van der Waals surface area contributed by atoms with Gasteiger partial charge in [0.15, 0.2) is 9.84 Å². The summed E-state index contributed by atoms with van der Waals surface area (Å²) in [6.07, 6.45) is 4.13. The number of methoxy groups -OCH3 is 1. The van der Waals surface area contributed by atoms with Gasteiger partial charge in [-0.15, -0.1) is 0 Å². The predicted molar refractivity (Wildman–Crippen MR) is 81.5 cm³/mol. The number of ether oxygens (including phenoxy) is 1. The Morgan fingerprint density at radius 2 is 2.14 bits per heavy atom. The number of carbonyl (C=O) groups is 1.